The average molecular weight is 344 g/mol. The molecule has 0 aliphatic heterocycles. The van der Waals surface area contributed by atoms with Crippen LogP contribution in [0.2, 0.25) is 0 Å². The zero-order chi connectivity index (χ0) is 17.5. The monoisotopic (exact) mass is 344 g/mol. The molecule has 5 heteroatoms. The van der Waals surface area contributed by atoms with Gasteiger partial charge in [-0.2, -0.15) is 0 Å². The fraction of sp³-hybridized carbons (Fsp3) is 0.316. The molecule has 24 heavy (non-hydrogen) atoms. The van der Waals surface area contributed by atoms with Crippen LogP contribution in [0.25, 0.3) is 0 Å². The Morgan fingerprint density at radius 2 is 1.83 bits per heavy atom. The number of unbranched alkanes of at least 4 members (excludes halogenated alkanes) is 1. The van der Waals surface area contributed by atoms with E-state index in [0.717, 1.165) is 24.2 Å². The number of hydrogen-bond donors (Lipinski definition) is 2. The Bertz CT molecular complexity index is 729. The Kier molecular flexibility index (Phi) is 6.70. The van der Waals surface area contributed by atoms with Crippen molar-refractivity contribution in [2.24, 2.45) is 5.73 Å². The Morgan fingerprint density at radius 3 is 2.50 bits per heavy atom. The van der Waals surface area contributed by atoms with Crippen molar-refractivity contribution in [3.05, 3.63) is 54.1 Å². The molecule has 0 saturated carbocycles. The topological polar surface area (TPSA) is 72.2 Å². The molecule has 2 unspecified atom stereocenters. The summed E-state index contributed by atoms with van der Waals surface area (Å²) in [5.41, 5.74) is 7.36. The van der Waals surface area contributed by atoms with Gasteiger partial charge in [-0.1, -0.05) is 31.5 Å². The predicted octanol–water partition coefficient (Wildman–Crippen LogP) is 3.48. The van der Waals surface area contributed by atoms with Gasteiger partial charge in [0.2, 0.25) is 5.91 Å². The van der Waals surface area contributed by atoms with Crippen LogP contribution in [0.5, 0.6) is 0 Å². The molecule has 0 aliphatic rings. The van der Waals surface area contributed by atoms with Crippen LogP contribution in [-0.4, -0.2) is 16.2 Å². The van der Waals surface area contributed by atoms with E-state index < -0.39 is 16.8 Å². The predicted molar refractivity (Wildman–Crippen MR) is 98.4 cm³/mol. The summed E-state index contributed by atoms with van der Waals surface area (Å²) in [4.78, 5) is 13.1. The molecule has 0 bridgehead atoms. The van der Waals surface area contributed by atoms with E-state index in [-0.39, 0.29) is 5.91 Å². The third-order valence-corrected chi connectivity index (χ3v) is 5.02. The van der Waals surface area contributed by atoms with Gasteiger partial charge in [-0.15, -0.1) is 0 Å². The second-order valence-corrected chi connectivity index (χ2v) is 7.31. The number of carbonyl (C=O) groups is 1. The molecule has 4 nitrogen and oxygen atoms in total. The lowest BCUT2D eigenvalue weighted by atomic mass is 10.1. The minimum absolute atomic E-state index is 0.264. The van der Waals surface area contributed by atoms with Crippen molar-refractivity contribution < 1.29 is 9.00 Å². The van der Waals surface area contributed by atoms with Crippen LogP contribution in [0.15, 0.2) is 58.3 Å². The van der Waals surface area contributed by atoms with Crippen molar-refractivity contribution in [3.63, 3.8) is 0 Å². The van der Waals surface area contributed by atoms with E-state index in [1.807, 2.05) is 18.2 Å². The number of hydrogen-bond acceptors (Lipinski definition) is 3. The summed E-state index contributed by atoms with van der Waals surface area (Å²) in [5.74, 6) is -0.264. The van der Waals surface area contributed by atoms with Crippen molar-refractivity contribution in [1.82, 2.24) is 0 Å². The molecule has 0 radical (unpaired) electrons. The summed E-state index contributed by atoms with van der Waals surface area (Å²) >= 11 is 0. The number of nitrogens with two attached hydrogens (primary N) is 1. The average Bonchev–Trinajstić information content (AvgIpc) is 2.59. The number of aryl methyl sites for hydroxylation is 1. The van der Waals surface area contributed by atoms with Gasteiger partial charge in [0.15, 0.2) is 0 Å². The van der Waals surface area contributed by atoms with Crippen LogP contribution in [0.1, 0.15) is 32.3 Å². The highest BCUT2D eigenvalue weighted by Crippen LogP contribution is 2.21. The van der Waals surface area contributed by atoms with Crippen molar-refractivity contribution >= 4 is 22.4 Å². The van der Waals surface area contributed by atoms with Crippen LogP contribution in [0.4, 0.5) is 5.69 Å². The molecule has 0 heterocycles. The molecule has 0 saturated heterocycles. The highest BCUT2D eigenvalue weighted by atomic mass is 32.2. The summed E-state index contributed by atoms with van der Waals surface area (Å²) < 4.78 is 12.8. The van der Waals surface area contributed by atoms with Crippen LogP contribution >= 0.6 is 0 Å². The first-order valence-electron chi connectivity index (χ1n) is 8.18. The maximum atomic E-state index is 12.8. The molecule has 2 aromatic carbocycles. The normalized spacial score (nSPS) is 13.3. The summed E-state index contributed by atoms with van der Waals surface area (Å²) in [6.45, 7) is 3.78. The molecule has 128 valence electrons. The van der Waals surface area contributed by atoms with E-state index in [9.17, 15) is 9.00 Å². The Hall–Kier alpha value is -1.98. The molecule has 1 amide bonds. The number of nitrogens with one attached hydrogen (secondary N) is 1. The van der Waals surface area contributed by atoms with E-state index in [0.29, 0.717) is 10.6 Å². The molecule has 0 aliphatic carbocycles. The van der Waals surface area contributed by atoms with Gasteiger partial charge in [0, 0.05) is 15.5 Å². The fourth-order valence-corrected chi connectivity index (χ4v) is 3.45. The Labute approximate surface area is 145 Å². The van der Waals surface area contributed by atoms with Crippen LogP contribution < -0.4 is 11.1 Å². The molecule has 3 N–H and O–H groups in total. The van der Waals surface area contributed by atoms with E-state index in [1.54, 1.807) is 31.2 Å². The second kappa shape index (κ2) is 8.76. The smallest absolute Gasteiger partial charge is 0.240 e. The van der Waals surface area contributed by atoms with Gasteiger partial charge in [0.05, 0.1) is 16.8 Å². The summed E-state index contributed by atoms with van der Waals surface area (Å²) in [6.07, 6.45) is 3.25. The van der Waals surface area contributed by atoms with Crippen molar-refractivity contribution in [2.75, 3.05) is 5.32 Å². The third kappa shape index (κ3) is 5.01. The van der Waals surface area contributed by atoms with Gasteiger partial charge in [-0.05, 0) is 55.7 Å². The first kappa shape index (κ1) is 18.4. The van der Waals surface area contributed by atoms with Crippen LogP contribution in [-0.2, 0) is 22.0 Å². The molecule has 0 aromatic heterocycles. The maximum Gasteiger partial charge on any atom is 0.240 e. The summed E-state index contributed by atoms with van der Waals surface area (Å²) in [6, 6.07) is 14.4. The lowest BCUT2D eigenvalue weighted by Gasteiger charge is -2.10. The van der Waals surface area contributed by atoms with Crippen molar-refractivity contribution in [3.8, 4) is 0 Å². The highest BCUT2D eigenvalue weighted by molar-refractivity contribution is 7.85. The third-order valence-electron chi connectivity index (χ3n) is 3.66. The van der Waals surface area contributed by atoms with Gasteiger partial charge in [-0.25, -0.2) is 4.21 Å². The second-order valence-electron chi connectivity index (χ2n) is 5.83. The molecule has 2 aromatic rings. The number of rotatable bonds is 7. The zero-order valence-corrected chi connectivity index (χ0v) is 14.9. The Balaban J connectivity index is 2.19. The highest BCUT2D eigenvalue weighted by Gasteiger charge is 2.11. The largest absolute Gasteiger partial charge is 0.325 e. The summed E-state index contributed by atoms with van der Waals surface area (Å²) in [5, 5.41) is 2.73. The Morgan fingerprint density at radius 1 is 1.17 bits per heavy atom. The molecule has 2 rings (SSSR count). The van der Waals surface area contributed by atoms with Crippen molar-refractivity contribution in [1.29, 1.82) is 0 Å². The first-order valence-corrected chi connectivity index (χ1v) is 9.33. The molecular weight excluding hydrogens is 320 g/mol. The SMILES string of the molecule is CCCCc1cccc(S(=O)c2cccc(NC(=O)C(C)N)c2)c1. The number of benzene rings is 2. The summed E-state index contributed by atoms with van der Waals surface area (Å²) in [7, 11) is -1.28. The van der Waals surface area contributed by atoms with E-state index in [2.05, 4.69) is 18.3 Å². The number of amides is 1. The van der Waals surface area contributed by atoms with E-state index >= 15 is 0 Å². The minimum atomic E-state index is -1.28. The van der Waals surface area contributed by atoms with Crippen molar-refractivity contribution in [2.45, 2.75) is 48.9 Å². The standard InChI is InChI=1S/C19H24N2O2S/c1-3-4-7-15-8-5-10-17(12-15)24(23)18-11-6-9-16(13-18)21-19(22)14(2)20/h5-6,8-14H,3-4,7,20H2,1-2H3,(H,21,22). The zero-order valence-electron chi connectivity index (χ0n) is 14.1. The van der Waals surface area contributed by atoms with Gasteiger partial charge in [-0.3, -0.25) is 4.79 Å². The maximum absolute atomic E-state index is 12.8. The molecular formula is C19H24N2O2S. The molecule has 0 spiro atoms. The lowest BCUT2D eigenvalue weighted by Crippen LogP contribution is -2.32. The van der Waals surface area contributed by atoms with Gasteiger partial charge in [0.1, 0.15) is 0 Å². The van der Waals surface area contributed by atoms with E-state index in [1.165, 1.54) is 5.56 Å². The van der Waals surface area contributed by atoms with Gasteiger partial charge < -0.3 is 11.1 Å². The van der Waals surface area contributed by atoms with E-state index in [4.69, 9.17) is 5.73 Å². The van der Waals surface area contributed by atoms with Gasteiger partial charge in [0.25, 0.3) is 0 Å². The van der Waals surface area contributed by atoms with Gasteiger partial charge >= 0.3 is 0 Å². The first-order chi connectivity index (χ1) is 11.5. The molecule has 0 fully saturated rings. The molecule has 2 atom stereocenters. The lowest BCUT2D eigenvalue weighted by molar-refractivity contribution is -0.117. The number of carbonyl (C=O) groups excluding carboxylic acids is 1. The minimum Gasteiger partial charge on any atom is -0.325 e. The fourth-order valence-electron chi connectivity index (χ4n) is 2.28. The van der Waals surface area contributed by atoms with Crippen LogP contribution in [0, 0.1) is 0 Å². The van der Waals surface area contributed by atoms with Crippen LogP contribution in [0.3, 0.4) is 0 Å². The number of anilines is 1. The quantitative estimate of drug-likeness (QED) is 0.808.